The molecule has 3 heterocycles. The van der Waals surface area contributed by atoms with Gasteiger partial charge < -0.3 is 19.5 Å². The van der Waals surface area contributed by atoms with Gasteiger partial charge in [0.15, 0.2) is 5.96 Å². The molecule has 1 spiro atoms. The topological polar surface area (TPSA) is 54.7 Å². The van der Waals surface area contributed by atoms with Gasteiger partial charge in [0.1, 0.15) is 0 Å². The summed E-state index contributed by atoms with van der Waals surface area (Å²) in [5, 5.41) is 3.48. The highest BCUT2D eigenvalue weighted by Gasteiger charge is 2.42. The highest BCUT2D eigenvalue weighted by atomic mass is 16.5. The second-order valence-corrected chi connectivity index (χ2v) is 8.82. The van der Waals surface area contributed by atoms with Crippen molar-refractivity contribution in [2.24, 2.45) is 10.4 Å². The smallest absolute Gasteiger partial charge is 0.194 e. The molecule has 6 nitrogen and oxygen atoms in total. The maximum atomic E-state index is 5.68. The molecule has 1 atom stereocenters. The number of fused-ring (bicyclic) bond motifs is 1. The summed E-state index contributed by atoms with van der Waals surface area (Å²) >= 11 is 0. The third-order valence-corrected chi connectivity index (χ3v) is 6.57. The predicted octanol–water partition coefficient (Wildman–Crippen LogP) is 3.66. The lowest BCUT2D eigenvalue weighted by Crippen LogP contribution is -2.41. The van der Waals surface area contributed by atoms with Gasteiger partial charge in [0.25, 0.3) is 0 Å². The monoisotopic (exact) mass is 417 g/mol. The van der Waals surface area contributed by atoms with Gasteiger partial charge >= 0.3 is 0 Å². The fourth-order valence-corrected chi connectivity index (χ4v) is 4.76. The number of aromatic nitrogens is 2. The maximum absolute atomic E-state index is 5.68. The van der Waals surface area contributed by atoms with E-state index in [9.17, 15) is 0 Å². The summed E-state index contributed by atoms with van der Waals surface area (Å²) in [7, 11) is 0. The van der Waals surface area contributed by atoms with Crippen LogP contribution >= 0.6 is 0 Å². The molecule has 0 amide bonds. The van der Waals surface area contributed by atoms with E-state index in [2.05, 4.69) is 69.2 Å². The molecule has 162 valence electrons. The normalized spacial score (nSPS) is 21.5. The molecule has 3 aromatic rings. The maximum Gasteiger partial charge on any atom is 0.194 e. The van der Waals surface area contributed by atoms with Crippen molar-refractivity contribution in [3.63, 3.8) is 0 Å². The molecule has 1 unspecified atom stereocenters. The lowest BCUT2D eigenvalue weighted by Gasteiger charge is -2.25. The number of nitrogens with one attached hydrogen (secondary N) is 1. The summed E-state index contributed by atoms with van der Waals surface area (Å²) in [6.45, 7) is 8.45. The molecule has 31 heavy (non-hydrogen) atoms. The van der Waals surface area contributed by atoms with Gasteiger partial charge in [-0.25, -0.2) is 9.98 Å². The van der Waals surface area contributed by atoms with E-state index in [0.717, 1.165) is 50.9 Å². The first kappa shape index (κ1) is 20.1. The van der Waals surface area contributed by atoms with Crippen LogP contribution in [0.3, 0.4) is 0 Å². The molecule has 2 saturated heterocycles. The quantitative estimate of drug-likeness (QED) is 0.508. The largest absolute Gasteiger partial charge is 0.381 e. The van der Waals surface area contributed by atoms with E-state index in [-0.39, 0.29) is 0 Å². The van der Waals surface area contributed by atoms with Crippen molar-refractivity contribution in [3.05, 3.63) is 66.0 Å². The number of para-hydroxylation sites is 2. The van der Waals surface area contributed by atoms with E-state index in [1.807, 2.05) is 12.4 Å². The number of guanidine groups is 1. The van der Waals surface area contributed by atoms with Crippen molar-refractivity contribution in [1.29, 1.82) is 0 Å². The van der Waals surface area contributed by atoms with Crippen molar-refractivity contribution in [2.45, 2.75) is 32.9 Å². The number of hydrogen-bond donors (Lipinski definition) is 1. The second-order valence-electron chi connectivity index (χ2n) is 8.82. The predicted molar refractivity (Wildman–Crippen MR) is 124 cm³/mol. The van der Waals surface area contributed by atoms with Gasteiger partial charge in [-0.3, -0.25) is 0 Å². The van der Waals surface area contributed by atoms with Crippen molar-refractivity contribution >= 4 is 17.0 Å². The fraction of sp³-hybridized carbons (Fsp3) is 0.440. The third-order valence-electron chi connectivity index (χ3n) is 6.57. The number of hydrogen-bond acceptors (Lipinski definition) is 3. The Morgan fingerprint density at radius 1 is 1.13 bits per heavy atom. The molecular formula is C25H31N5O. The number of ether oxygens (including phenoxy) is 1. The lowest BCUT2D eigenvalue weighted by atomic mass is 9.87. The Kier molecular flexibility index (Phi) is 5.64. The van der Waals surface area contributed by atoms with E-state index in [1.54, 1.807) is 0 Å². The van der Waals surface area contributed by atoms with Crippen LogP contribution in [0.1, 0.15) is 30.9 Å². The number of benzene rings is 2. The Labute approximate surface area is 183 Å². The molecule has 2 aromatic carbocycles. The second kappa shape index (κ2) is 8.71. The van der Waals surface area contributed by atoms with Gasteiger partial charge in [0.05, 0.1) is 30.5 Å². The van der Waals surface area contributed by atoms with Crippen molar-refractivity contribution in [1.82, 2.24) is 19.8 Å². The molecule has 5 rings (SSSR count). The zero-order valence-electron chi connectivity index (χ0n) is 18.3. The minimum absolute atomic E-state index is 0.343. The Bertz CT molecular complexity index is 1050. The highest BCUT2D eigenvalue weighted by Crippen LogP contribution is 2.38. The van der Waals surface area contributed by atoms with E-state index < -0.39 is 0 Å². The average Bonchev–Trinajstić information content (AvgIpc) is 3.54. The summed E-state index contributed by atoms with van der Waals surface area (Å²) in [5.74, 6) is 1.03. The fourth-order valence-electron chi connectivity index (χ4n) is 4.76. The van der Waals surface area contributed by atoms with Crippen LogP contribution in [0.25, 0.3) is 11.0 Å². The lowest BCUT2D eigenvalue weighted by molar-refractivity contribution is 0.156. The van der Waals surface area contributed by atoms with E-state index in [4.69, 9.17) is 9.73 Å². The van der Waals surface area contributed by atoms with E-state index >= 15 is 0 Å². The standard InChI is InChI=1S/C25H31N5O/c1-2-26-24(29-13-11-25(17-29)12-14-31-18-25)27-15-20-7-9-21(10-8-20)16-30-19-28-22-5-3-4-6-23(22)30/h3-10,19H,2,11-18H2,1H3,(H,26,27). The van der Waals surface area contributed by atoms with Gasteiger partial charge in [-0.1, -0.05) is 36.4 Å². The molecule has 2 aliphatic rings. The van der Waals surface area contributed by atoms with Crippen molar-refractivity contribution in [2.75, 3.05) is 32.8 Å². The first-order valence-corrected chi connectivity index (χ1v) is 11.3. The summed E-state index contributed by atoms with van der Waals surface area (Å²) < 4.78 is 7.88. The molecule has 2 fully saturated rings. The number of likely N-dealkylation sites (tertiary alicyclic amines) is 1. The molecule has 1 N–H and O–H groups in total. The molecule has 0 aliphatic carbocycles. The van der Waals surface area contributed by atoms with Crippen LogP contribution in [0.5, 0.6) is 0 Å². The summed E-state index contributed by atoms with van der Waals surface area (Å²) in [5.41, 5.74) is 5.05. The Balaban J connectivity index is 1.24. The molecule has 2 aliphatic heterocycles. The number of imidazole rings is 1. The van der Waals surface area contributed by atoms with Crippen LogP contribution in [-0.4, -0.2) is 53.3 Å². The summed E-state index contributed by atoms with van der Waals surface area (Å²) in [6, 6.07) is 17.0. The molecule has 0 radical (unpaired) electrons. The van der Waals surface area contributed by atoms with Crippen LogP contribution in [0.4, 0.5) is 0 Å². The first-order valence-electron chi connectivity index (χ1n) is 11.3. The van der Waals surface area contributed by atoms with Crippen LogP contribution in [0, 0.1) is 5.41 Å². The Morgan fingerprint density at radius 2 is 1.97 bits per heavy atom. The van der Waals surface area contributed by atoms with Gasteiger partial charge in [0.2, 0.25) is 0 Å². The molecule has 1 aromatic heterocycles. The molecule has 0 bridgehead atoms. The van der Waals surface area contributed by atoms with E-state index in [0.29, 0.717) is 12.0 Å². The van der Waals surface area contributed by atoms with Gasteiger partial charge in [-0.2, -0.15) is 0 Å². The van der Waals surface area contributed by atoms with Gasteiger partial charge in [0, 0.05) is 38.2 Å². The Hall–Kier alpha value is -2.86. The average molecular weight is 418 g/mol. The van der Waals surface area contributed by atoms with E-state index in [1.165, 1.54) is 29.5 Å². The molecule has 0 saturated carbocycles. The van der Waals surface area contributed by atoms with Crippen molar-refractivity contribution in [3.8, 4) is 0 Å². The van der Waals surface area contributed by atoms with Gasteiger partial charge in [-0.05, 0) is 43.0 Å². The highest BCUT2D eigenvalue weighted by molar-refractivity contribution is 5.80. The number of rotatable bonds is 5. The van der Waals surface area contributed by atoms with Crippen molar-refractivity contribution < 1.29 is 4.74 Å². The van der Waals surface area contributed by atoms with Crippen LogP contribution in [0.2, 0.25) is 0 Å². The summed E-state index contributed by atoms with van der Waals surface area (Å²) in [4.78, 5) is 11.8. The number of nitrogens with zero attached hydrogens (tertiary/aromatic N) is 4. The number of aliphatic imine (C=N–C) groups is 1. The first-order chi connectivity index (χ1) is 15.2. The van der Waals surface area contributed by atoms with Gasteiger partial charge in [-0.15, -0.1) is 0 Å². The van der Waals surface area contributed by atoms with Crippen LogP contribution in [-0.2, 0) is 17.8 Å². The minimum Gasteiger partial charge on any atom is -0.381 e. The SMILES string of the molecule is CCNC(=NCc1ccc(Cn2cnc3ccccc32)cc1)N1CCC2(CCOC2)C1. The molecular weight excluding hydrogens is 386 g/mol. The van der Waals surface area contributed by atoms with Crippen LogP contribution < -0.4 is 5.32 Å². The van der Waals surface area contributed by atoms with Crippen LogP contribution in [0.15, 0.2) is 59.9 Å². The molecule has 6 heteroatoms. The zero-order valence-corrected chi connectivity index (χ0v) is 18.3. The minimum atomic E-state index is 0.343. The third kappa shape index (κ3) is 4.30. The Morgan fingerprint density at radius 3 is 2.77 bits per heavy atom. The zero-order chi connectivity index (χ0) is 21.1. The summed E-state index contributed by atoms with van der Waals surface area (Å²) in [6.07, 6.45) is 4.30.